The minimum atomic E-state index is -3.40. The third kappa shape index (κ3) is 4.18. The number of methoxy groups -OCH3 is 1. The maximum Gasteiger partial charge on any atom is 0.279 e. The number of nitrogens with zero attached hydrogens (tertiary/aromatic N) is 1. The van der Waals surface area contributed by atoms with Gasteiger partial charge in [0, 0.05) is 26.1 Å². The van der Waals surface area contributed by atoms with Crippen molar-refractivity contribution in [3.8, 4) is 0 Å². The monoisotopic (exact) mass is 270 g/mol. The Morgan fingerprint density at radius 1 is 1.38 bits per heavy atom. The molecule has 1 aliphatic rings. The molecule has 1 aliphatic heterocycles. The fourth-order valence-electron chi connectivity index (χ4n) is 1.70. The zero-order valence-electron chi connectivity index (χ0n) is 9.49. The van der Waals surface area contributed by atoms with Crippen molar-refractivity contribution >= 4 is 21.8 Å². The summed E-state index contributed by atoms with van der Waals surface area (Å²) in [5.74, 6) is 0.209. The number of alkyl halides is 1. The summed E-state index contributed by atoms with van der Waals surface area (Å²) in [6, 6.07) is -0.362. The first-order chi connectivity index (χ1) is 7.60. The molecule has 7 heteroatoms. The Morgan fingerprint density at radius 2 is 2.00 bits per heavy atom. The maximum absolute atomic E-state index is 11.9. The Hall–Kier alpha value is 0.120. The third-order valence-electron chi connectivity index (χ3n) is 2.52. The first kappa shape index (κ1) is 14.2. The Bertz CT molecular complexity index is 291. The van der Waals surface area contributed by atoms with Gasteiger partial charge in [-0.05, 0) is 12.8 Å². The SMILES string of the molecule is COCC(CCl)NS(=O)(=O)N1CCCCC1. The van der Waals surface area contributed by atoms with Crippen LogP contribution in [0.15, 0.2) is 0 Å². The molecule has 1 N–H and O–H groups in total. The average molecular weight is 271 g/mol. The van der Waals surface area contributed by atoms with Crippen molar-refractivity contribution in [2.75, 3.05) is 32.7 Å². The third-order valence-corrected chi connectivity index (χ3v) is 4.57. The molecule has 0 aromatic heterocycles. The Balaban J connectivity index is 2.54. The summed E-state index contributed by atoms with van der Waals surface area (Å²) in [5, 5.41) is 0. The molecule has 0 aromatic rings. The van der Waals surface area contributed by atoms with Crippen molar-refractivity contribution < 1.29 is 13.2 Å². The molecule has 0 spiro atoms. The Labute approximate surface area is 102 Å². The first-order valence-electron chi connectivity index (χ1n) is 5.42. The lowest BCUT2D eigenvalue weighted by Crippen LogP contribution is -2.49. The van der Waals surface area contributed by atoms with Crippen molar-refractivity contribution in [3.63, 3.8) is 0 Å². The van der Waals surface area contributed by atoms with Gasteiger partial charge in [0.05, 0.1) is 12.6 Å². The van der Waals surface area contributed by atoms with Gasteiger partial charge in [-0.3, -0.25) is 0 Å². The van der Waals surface area contributed by atoms with Crippen molar-refractivity contribution in [1.29, 1.82) is 0 Å². The molecule has 1 fully saturated rings. The van der Waals surface area contributed by atoms with E-state index in [1.807, 2.05) is 0 Å². The molecule has 16 heavy (non-hydrogen) atoms. The fourth-order valence-corrected chi connectivity index (χ4v) is 3.42. The molecule has 1 heterocycles. The van der Waals surface area contributed by atoms with Crippen molar-refractivity contribution in [3.05, 3.63) is 0 Å². The van der Waals surface area contributed by atoms with Gasteiger partial charge in [-0.1, -0.05) is 6.42 Å². The molecule has 1 saturated heterocycles. The summed E-state index contributed by atoms with van der Waals surface area (Å²) in [4.78, 5) is 0. The van der Waals surface area contributed by atoms with Gasteiger partial charge in [0.2, 0.25) is 0 Å². The number of halogens is 1. The van der Waals surface area contributed by atoms with Gasteiger partial charge in [0.25, 0.3) is 10.2 Å². The molecule has 0 aliphatic carbocycles. The minimum Gasteiger partial charge on any atom is -0.383 e. The molecule has 1 atom stereocenters. The van der Waals surface area contributed by atoms with Gasteiger partial charge in [-0.2, -0.15) is 17.4 Å². The number of piperidine rings is 1. The van der Waals surface area contributed by atoms with Gasteiger partial charge in [-0.25, -0.2) is 0 Å². The number of hydrogen-bond acceptors (Lipinski definition) is 3. The summed E-state index contributed by atoms with van der Waals surface area (Å²) in [7, 11) is -1.88. The Morgan fingerprint density at radius 3 is 2.50 bits per heavy atom. The standard InChI is InChI=1S/C9H19ClN2O3S/c1-15-8-9(7-10)11-16(13,14)12-5-3-2-4-6-12/h9,11H,2-8H2,1H3. The van der Waals surface area contributed by atoms with Crippen LogP contribution in [0.25, 0.3) is 0 Å². The molecule has 0 saturated carbocycles. The van der Waals surface area contributed by atoms with E-state index in [0.717, 1.165) is 19.3 Å². The van der Waals surface area contributed by atoms with Gasteiger partial charge in [-0.15, -0.1) is 11.6 Å². The summed E-state index contributed by atoms with van der Waals surface area (Å²) in [5.41, 5.74) is 0. The van der Waals surface area contributed by atoms with Crippen molar-refractivity contribution in [2.24, 2.45) is 0 Å². The smallest absolute Gasteiger partial charge is 0.279 e. The van der Waals surface area contributed by atoms with E-state index in [9.17, 15) is 8.42 Å². The van der Waals surface area contributed by atoms with E-state index in [1.54, 1.807) is 0 Å². The average Bonchev–Trinajstić information content (AvgIpc) is 2.29. The number of hydrogen-bond donors (Lipinski definition) is 1. The summed E-state index contributed by atoms with van der Waals surface area (Å²) >= 11 is 5.67. The highest BCUT2D eigenvalue weighted by molar-refractivity contribution is 7.87. The molecular weight excluding hydrogens is 252 g/mol. The number of ether oxygens (including phenoxy) is 1. The molecule has 0 amide bonds. The molecule has 1 rings (SSSR count). The van der Waals surface area contributed by atoms with Crippen molar-refractivity contribution in [2.45, 2.75) is 25.3 Å². The zero-order valence-corrected chi connectivity index (χ0v) is 11.1. The van der Waals surface area contributed by atoms with E-state index in [0.29, 0.717) is 13.1 Å². The minimum absolute atomic E-state index is 0.209. The molecule has 1 unspecified atom stereocenters. The van der Waals surface area contributed by atoms with Gasteiger partial charge < -0.3 is 4.74 Å². The second-order valence-corrected chi connectivity index (χ2v) is 5.90. The molecule has 5 nitrogen and oxygen atoms in total. The number of nitrogens with one attached hydrogen (secondary N) is 1. The summed E-state index contributed by atoms with van der Waals surface area (Å²) in [6.07, 6.45) is 2.95. The quantitative estimate of drug-likeness (QED) is 0.718. The van der Waals surface area contributed by atoms with Gasteiger partial charge >= 0.3 is 0 Å². The lowest BCUT2D eigenvalue weighted by atomic mass is 10.2. The van der Waals surface area contributed by atoms with Crippen LogP contribution in [-0.2, 0) is 14.9 Å². The van der Waals surface area contributed by atoms with Crippen LogP contribution in [0.2, 0.25) is 0 Å². The van der Waals surface area contributed by atoms with Crippen LogP contribution < -0.4 is 4.72 Å². The second-order valence-electron chi connectivity index (χ2n) is 3.89. The van der Waals surface area contributed by atoms with E-state index in [4.69, 9.17) is 16.3 Å². The van der Waals surface area contributed by atoms with E-state index >= 15 is 0 Å². The highest BCUT2D eigenvalue weighted by Crippen LogP contribution is 2.12. The zero-order chi connectivity index (χ0) is 12.0. The van der Waals surface area contributed by atoms with E-state index in [1.165, 1.54) is 11.4 Å². The molecule has 0 aromatic carbocycles. The lowest BCUT2D eigenvalue weighted by molar-refractivity contribution is 0.180. The predicted octanol–water partition coefficient (Wildman–Crippen LogP) is 0.561. The Kier molecular flexibility index (Phi) is 5.99. The number of rotatable bonds is 6. The highest BCUT2D eigenvalue weighted by atomic mass is 35.5. The van der Waals surface area contributed by atoms with Crippen molar-refractivity contribution in [1.82, 2.24) is 9.03 Å². The maximum atomic E-state index is 11.9. The van der Waals surface area contributed by atoms with E-state index in [2.05, 4.69) is 4.72 Å². The molecular formula is C9H19ClN2O3S. The van der Waals surface area contributed by atoms with Gasteiger partial charge in [0.15, 0.2) is 0 Å². The predicted molar refractivity (Wildman–Crippen MR) is 63.9 cm³/mol. The molecule has 0 bridgehead atoms. The first-order valence-corrected chi connectivity index (χ1v) is 7.40. The molecule has 96 valence electrons. The van der Waals surface area contributed by atoms with E-state index < -0.39 is 10.2 Å². The van der Waals surface area contributed by atoms with Crippen LogP contribution in [0.4, 0.5) is 0 Å². The molecule has 0 radical (unpaired) electrons. The van der Waals surface area contributed by atoms with Crippen LogP contribution in [0.3, 0.4) is 0 Å². The van der Waals surface area contributed by atoms with Crippen LogP contribution in [0, 0.1) is 0 Å². The van der Waals surface area contributed by atoms with Crippen LogP contribution in [0.5, 0.6) is 0 Å². The van der Waals surface area contributed by atoms with Crippen LogP contribution in [-0.4, -0.2) is 51.5 Å². The fraction of sp³-hybridized carbons (Fsp3) is 1.00. The lowest BCUT2D eigenvalue weighted by Gasteiger charge is -2.27. The van der Waals surface area contributed by atoms with Crippen LogP contribution in [0.1, 0.15) is 19.3 Å². The van der Waals surface area contributed by atoms with Crippen LogP contribution >= 0.6 is 11.6 Å². The normalized spacial score (nSPS) is 20.9. The second kappa shape index (κ2) is 6.76. The van der Waals surface area contributed by atoms with Gasteiger partial charge in [0.1, 0.15) is 0 Å². The highest BCUT2D eigenvalue weighted by Gasteiger charge is 2.26. The topological polar surface area (TPSA) is 58.6 Å². The van der Waals surface area contributed by atoms with E-state index in [-0.39, 0.29) is 18.5 Å². The summed E-state index contributed by atoms with van der Waals surface area (Å²) in [6.45, 7) is 1.48. The summed E-state index contributed by atoms with van der Waals surface area (Å²) < 4.78 is 32.8. The largest absolute Gasteiger partial charge is 0.383 e.